The molecule has 2 nitrogen and oxygen atoms in total. The van der Waals surface area contributed by atoms with Crippen LogP contribution >= 0.6 is 0 Å². The summed E-state index contributed by atoms with van der Waals surface area (Å²) in [5.41, 5.74) is 4.67. The summed E-state index contributed by atoms with van der Waals surface area (Å²) in [4.78, 5) is 3.24. The van der Waals surface area contributed by atoms with Gasteiger partial charge in [0.2, 0.25) is 0 Å². The van der Waals surface area contributed by atoms with E-state index in [0.717, 1.165) is 16.8 Å². The van der Waals surface area contributed by atoms with Gasteiger partial charge in [-0.2, -0.15) is 0 Å². The van der Waals surface area contributed by atoms with Crippen molar-refractivity contribution in [2.75, 3.05) is 0 Å². The molecule has 1 aromatic heterocycles. The molecule has 0 saturated carbocycles. The quantitative estimate of drug-likeness (QED) is 0.755. The van der Waals surface area contributed by atoms with Crippen LogP contribution in [0.25, 0.3) is 10.9 Å². The second-order valence-electron chi connectivity index (χ2n) is 5.40. The molecule has 2 N–H and O–H groups in total. The molecular weight excluding hydrogens is 198 g/mol. The first-order valence-corrected chi connectivity index (χ1v) is 5.66. The predicted octanol–water partition coefficient (Wildman–Crippen LogP) is 3.27. The third kappa shape index (κ3) is 1.74. The third-order valence-electron chi connectivity index (χ3n) is 3.19. The van der Waals surface area contributed by atoms with E-state index in [0.29, 0.717) is 0 Å². The maximum atomic E-state index is 9.22. The first kappa shape index (κ1) is 11.2. The van der Waals surface area contributed by atoms with Gasteiger partial charge in [0.25, 0.3) is 0 Å². The summed E-state index contributed by atoms with van der Waals surface area (Å²) in [6, 6.07) is 6.47. The Kier molecular flexibility index (Phi) is 2.55. The highest BCUT2D eigenvalue weighted by Gasteiger charge is 2.15. The van der Waals surface area contributed by atoms with E-state index in [4.69, 9.17) is 0 Å². The molecule has 0 aliphatic rings. The van der Waals surface area contributed by atoms with E-state index in [-0.39, 0.29) is 12.0 Å². The number of H-pyrrole nitrogens is 1. The van der Waals surface area contributed by atoms with E-state index in [2.05, 4.69) is 50.9 Å². The van der Waals surface area contributed by atoms with Crippen LogP contribution in [0, 0.1) is 6.92 Å². The second-order valence-corrected chi connectivity index (χ2v) is 5.40. The molecule has 1 aromatic carbocycles. The van der Waals surface area contributed by atoms with Crippen molar-refractivity contribution in [3.05, 3.63) is 35.0 Å². The summed E-state index contributed by atoms with van der Waals surface area (Å²) in [5, 5.41) is 10.4. The number of rotatable bonds is 1. The van der Waals surface area contributed by atoms with Gasteiger partial charge in [-0.25, -0.2) is 0 Å². The van der Waals surface area contributed by atoms with Crippen LogP contribution in [0.1, 0.15) is 37.6 Å². The van der Waals surface area contributed by atoms with E-state index in [1.54, 1.807) is 0 Å². The van der Waals surface area contributed by atoms with Crippen molar-refractivity contribution in [3.8, 4) is 0 Å². The smallest absolute Gasteiger partial charge is 0.0833 e. The third-order valence-corrected chi connectivity index (χ3v) is 3.19. The van der Waals surface area contributed by atoms with Gasteiger partial charge in [0.05, 0.1) is 6.61 Å². The summed E-state index contributed by atoms with van der Waals surface area (Å²) < 4.78 is 0. The van der Waals surface area contributed by atoms with Gasteiger partial charge >= 0.3 is 0 Å². The van der Waals surface area contributed by atoms with Gasteiger partial charge in [-0.1, -0.05) is 26.8 Å². The molecule has 0 spiro atoms. The van der Waals surface area contributed by atoms with E-state index in [9.17, 15) is 5.11 Å². The average Bonchev–Trinajstić information content (AvgIpc) is 2.54. The zero-order valence-electron chi connectivity index (χ0n) is 10.4. The number of hydrogen-bond donors (Lipinski definition) is 2. The monoisotopic (exact) mass is 217 g/mol. The van der Waals surface area contributed by atoms with Crippen LogP contribution in [0.5, 0.6) is 0 Å². The van der Waals surface area contributed by atoms with Crippen LogP contribution in [0.15, 0.2) is 18.2 Å². The minimum atomic E-state index is 0.0748. The Hall–Kier alpha value is -1.28. The number of aliphatic hydroxyl groups excluding tert-OH is 1. The Morgan fingerprint density at radius 1 is 1.25 bits per heavy atom. The van der Waals surface area contributed by atoms with Crippen molar-refractivity contribution in [2.24, 2.45) is 0 Å². The molecule has 16 heavy (non-hydrogen) atoms. The highest BCUT2D eigenvalue weighted by Crippen LogP contribution is 2.28. The lowest BCUT2D eigenvalue weighted by molar-refractivity contribution is 0.277. The van der Waals surface area contributed by atoms with Gasteiger partial charge in [-0.15, -0.1) is 0 Å². The first-order valence-electron chi connectivity index (χ1n) is 5.66. The average molecular weight is 217 g/mol. The Morgan fingerprint density at radius 3 is 2.50 bits per heavy atom. The zero-order chi connectivity index (χ0) is 11.9. The molecule has 1 heterocycles. The largest absolute Gasteiger partial charge is 0.390 e. The fourth-order valence-electron chi connectivity index (χ4n) is 2.01. The van der Waals surface area contributed by atoms with Gasteiger partial charge in [0.15, 0.2) is 0 Å². The lowest BCUT2D eigenvalue weighted by Crippen LogP contribution is -2.10. The summed E-state index contributed by atoms with van der Waals surface area (Å²) in [7, 11) is 0. The minimum Gasteiger partial charge on any atom is -0.390 e. The number of aliphatic hydroxyl groups is 1. The van der Waals surface area contributed by atoms with Crippen LogP contribution in [-0.4, -0.2) is 10.1 Å². The highest BCUT2D eigenvalue weighted by molar-refractivity contribution is 5.85. The Labute approximate surface area is 96.3 Å². The minimum absolute atomic E-state index is 0.0748. The molecule has 0 amide bonds. The van der Waals surface area contributed by atoms with Crippen LogP contribution in [-0.2, 0) is 12.0 Å². The van der Waals surface area contributed by atoms with Crippen molar-refractivity contribution < 1.29 is 5.11 Å². The van der Waals surface area contributed by atoms with Crippen molar-refractivity contribution in [1.29, 1.82) is 0 Å². The number of aromatic amines is 1. The van der Waals surface area contributed by atoms with Crippen LogP contribution in [0.4, 0.5) is 0 Å². The number of aryl methyl sites for hydroxylation is 1. The fraction of sp³-hybridized carbons (Fsp3) is 0.429. The normalized spacial score (nSPS) is 12.3. The lowest BCUT2D eigenvalue weighted by Gasteiger charge is -2.18. The summed E-state index contributed by atoms with van der Waals surface area (Å²) >= 11 is 0. The number of aromatic nitrogens is 1. The Morgan fingerprint density at radius 2 is 1.94 bits per heavy atom. The molecule has 0 radical (unpaired) electrons. The van der Waals surface area contributed by atoms with Crippen molar-refractivity contribution in [3.63, 3.8) is 0 Å². The maximum absolute atomic E-state index is 9.22. The molecule has 0 aliphatic heterocycles. The molecule has 86 valence electrons. The Bertz CT molecular complexity index is 517. The summed E-state index contributed by atoms with van der Waals surface area (Å²) in [6.07, 6.45) is 0. The van der Waals surface area contributed by atoms with Gasteiger partial charge < -0.3 is 10.1 Å². The van der Waals surface area contributed by atoms with E-state index in [1.807, 2.05) is 0 Å². The molecular formula is C14H19NO. The molecule has 0 saturated heterocycles. The molecule has 0 aliphatic carbocycles. The number of fused-ring (bicyclic) bond motifs is 1. The van der Waals surface area contributed by atoms with Gasteiger partial charge in [0, 0.05) is 16.6 Å². The number of nitrogens with one attached hydrogen (secondary N) is 1. The maximum Gasteiger partial charge on any atom is 0.0833 e. The highest BCUT2D eigenvalue weighted by atomic mass is 16.3. The van der Waals surface area contributed by atoms with E-state index < -0.39 is 0 Å². The van der Waals surface area contributed by atoms with Gasteiger partial charge in [0.1, 0.15) is 0 Å². The van der Waals surface area contributed by atoms with Gasteiger partial charge in [-0.05, 0) is 35.6 Å². The van der Waals surface area contributed by atoms with Crippen LogP contribution in [0.3, 0.4) is 0 Å². The molecule has 0 atom stereocenters. The molecule has 2 rings (SSSR count). The van der Waals surface area contributed by atoms with E-state index >= 15 is 0 Å². The standard InChI is InChI=1S/C14H19NO/c1-9-11-7-10(14(2,3)4)5-6-12(11)15-13(9)8-16/h5-7,15-16H,8H2,1-4H3. The number of hydrogen-bond acceptors (Lipinski definition) is 1. The Balaban J connectivity index is 2.66. The van der Waals surface area contributed by atoms with Crippen molar-refractivity contribution >= 4 is 10.9 Å². The lowest BCUT2D eigenvalue weighted by atomic mass is 9.86. The van der Waals surface area contributed by atoms with E-state index in [1.165, 1.54) is 10.9 Å². The molecule has 0 unspecified atom stereocenters. The molecule has 0 fully saturated rings. The van der Waals surface area contributed by atoms with Crippen molar-refractivity contribution in [2.45, 2.75) is 39.7 Å². The SMILES string of the molecule is Cc1c(CO)[nH]c2ccc(C(C)(C)C)cc12. The topological polar surface area (TPSA) is 36.0 Å². The van der Waals surface area contributed by atoms with Crippen molar-refractivity contribution in [1.82, 2.24) is 4.98 Å². The molecule has 2 heteroatoms. The fourth-order valence-corrected chi connectivity index (χ4v) is 2.01. The summed E-state index contributed by atoms with van der Waals surface area (Å²) in [6.45, 7) is 8.76. The van der Waals surface area contributed by atoms with Gasteiger partial charge in [-0.3, -0.25) is 0 Å². The first-order chi connectivity index (χ1) is 7.43. The van der Waals surface area contributed by atoms with Crippen LogP contribution < -0.4 is 0 Å². The zero-order valence-corrected chi connectivity index (χ0v) is 10.4. The predicted molar refractivity (Wildman–Crippen MR) is 67.7 cm³/mol. The summed E-state index contributed by atoms with van der Waals surface area (Å²) in [5.74, 6) is 0. The second kappa shape index (κ2) is 3.63. The molecule has 2 aromatic rings. The number of benzene rings is 1. The van der Waals surface area contributed by atoms with Crippen LogP contribution in [0.2, 0.25) is 0 Å². The molecule has 0 bridgehead atoms.